The summed E-state index contributed by atoms with van der Waals surface area (Å²) in [5.74, 6) is 0. The van der Waals surface area contributed by atoms with E-state index in [-0.39, 0.29) is 0 Å². The van der Waals surface area contributed by atoms with Gasteiger partial charge in [0.1, 0.15) is 5.01 Å². The van der Waals surface area contributed by atoms with E-state index in [4.69, 9.17) is 4.98 Å². The number of aromatic nitrogens is 1. The van der Waals surface area contributed by atoms with Crippen molar-refractivity contribution in [3.63, 3.8) is 0 Å². The van der Waals surface area contributed by atoms with Gasteiger partial charge in [-0.1, -0.05) is 36.8 Å². The van der Waals surface area contributed by atoms with Crippen molar-refractivity contribution in [2.45, 2.75) is 32.9 Å². The Balaban J connectivity index is 1.70. The van der Waals surface area contributed by atoms with Gasteiger partial charge in [-0.3, -0.25) is 4.90 Å². The summed E-state index contributed by atoms with van der Waals surface area (Å²) < 4.78 is 0. The van der Waals surface area contributed by atoms with E-state index in [0.717, 1.165) is 31.2 Å². The summed E-state index contributed by atoms with van der Waals surface area (Å²) in [5.41, 5.74) is 3.72. The highest BCUT2D eigenvalue weighted by atomic mass is 32.1. The minimum absolute atomic E-state index is 0.689. The number of benzene rings is 1. The topological polar surface area (TPSA) is 28.2 Å². The fraction of sp³-hybridized carbons (Fsp3) is 0.471. The van der Waals surface area contributed by atoms with E-state index in [1.807, 2.05) is 0 Å². The van der Waals surface area contributed by atoms with E-state index >= 15 is 0 Å². The van der Waals surface area contributed by atoms with Crippen LogP contribution in [0.2, 0.25) is 0 Å². The van der Waals surface area contributed by atoms with Crippen molar-refractivity contribution >= 4 is 11.3 Å². The third-order valence-electron chi connectivity index (χ3n) is 4.00. The van der Waals surface area contributed by atoms with Gasteiger partial charge in [0.2, 0.25) is 0 Å². The molecule has 2 aromatic rings. The Kier molecular flexibility index (Phi) is 4.68. The molecule has 0 saturated carbocycles. The number of hydrogen-bond donors (Lipinski definition) is 1. The summed E-state index contributed by atoms with van der Waals surface area (Å²) in [4.78, 5) is 7.39. The van der Waals surface area contributed by atoms with E-state index in [2.05, 4.69) is 53.7 Å². The van der Waals surface area contributed by atoms with Crippen LogP contribution in [-0.4, -0.2) is 35.6 Å². The van der Waals surface area contributed by atoms with Crippen molar-refractivity contribution in [3.05, 3.63) is 40.9 Å². The summed E-state index contributed by atoms with van der Waals surface area (Å²) in [5, 5.41) is 6.71. The summed E-state index contributed by atoms with van der Waals surface area (Å²) in [6.07, 6.45) is 1.20. The highest BCUT2D eigenvalue weighted by molar-refractivity contribution is 7.13. The summed E-state index contributed by atoms with van der Waals surface area (Å²) >= 11 is 1.75. The minimum atomic E-state index is 0.689. The second-order valence-corrected chi connectivity index (χ2v) is 6.65. The minimum Gasteiger partial charge on any atom is -0.314 e. The summed E-state index contributed by atoms with van der Waals surface area (Å²) in [7, 11) is 0. The van der Waals surface area contributed by atoms with Gasteiger partial charge in [0.15, 0.2) is 0 Å². The maximum absolute atomic E-state index is 4.83. The first-order valence-corrected chi connectivity index (χ1v) is 8.60. The number of hydrogen-bond acceptors (Lipinski definition) is 4. The van der Waals surface area contributed by atoms with Crippen LogP contribution in [0.4, 0.5) is 0 Å². The molecule has 1 N–H and O–H groups in total. The molecule has 0 amide bonds. The molecule has 0 radical (unpaired) electrons. The Hall–Kier alpha value is -1.23. The van der Waals surface area contributed by atoms with Gasteiger partial charge >= 0.3 is 0 Å². The highest BCUT2D eigenvalue weighted by Crippen LogP contribution is 2.25. The van der Waals surface area contributed by atoms with E-state index in [0.29, 0.717) is 6.04 Å². The smallest absolute Gasteiger partial charge is 0.123 e. The van der Waals surface area contributed by atoms with Gasteiger partial charge in [0.25, 0.3) is 0 Å². The van der Waals surface area contributed by atoms with E-state index in [9.17, 15) is 0 Å². The van der Waals surface area contributed by atoms with Gasteiger partial charge in [0.05, 0.1) is 5.69 Å². The second-order valence-electron chi connectivity index (χ2n) is 5.79. The van der Waals surface area contributed by atoms with E-state index in [1.165, 1.54) is 23.2 Å². The Bertz CT molecular complexity index is 572. The zero-order valence-electron chi connectivity index (χ0n) is 12.8. The molecule has 0 aliphatic carbocycles. The van der Waals surface area contributed by atoms with Crippen molar-refractivity contribution in [1.29, 1.82) is 0 Å². The third-order valence-corrected chi connectivity index (χ3v) is 4.94. The van der Waals surface area contributed by atoms with Crippen molar-refractivity contribution in [1.82, 2.24) is 15.2 Å². The first kappa shape index (κ1) is 14.7. The van der Waals surface area contributed by atoms with Crippen LogP contribution in [0.3, 0.4) is 0 Å². The zero-order chi connectivity index (χ0) is 14.7. The van der Waals surface area contributed by atoms with Gasteiger partial charge < -0.3 is 5.32 Å². The lowest BCUT2D eigenvalue weighted by Crippen LogP contribution is -2.57. The van der Waals surface area contributed by atoms with Gasteiger partial charge in [-0.25, -0.2) is 4.98 Å². The molecule has 2 heterocycles. The molecule has 112 valence electrons. The van der Waals surface area contributed by atoms with Gasteiger partial charge in [0, 0.05) is 36.6 Å². The quantitative estimate of drug-likeness (QED) is 0.887. The van der Waals surface area contributed by atoms with E-state index < -0.39 is 0 Å². The Labute approximate surface area is 131 Å². The first-order valence-electron chi connectivity index (χ1n) is 7.72. The normalized spacial score (nSPS) is 15.4. The maximum atomic E-state index is 4.83. The molecule has 4 heteroatoms. The van der Waals surface area contributed by atoms with Crippen molar-refractivity contribution in [3.8, 4) is 10.6 Å². The molecule has 1 aliphatic heterocycles. The monoisotopic (exact) mass is 301 g/mol. The van der Waals surface area contributed by atoms with E-state index in [1.54, 1.807) is 11.3 Å². The SMILES string of the molecule is CCCN(Cc1csc(-c2ccc(C)cc2)n1)C1CNC1. The second kappa shape index (κ2) is 6.69. The fourth-order valence-corrected chi connectivity index (χ4v) is 3.44. The third kappa shape index (κ3) is 3.51. The lowest BCUT2D eigenvalue weighted by molar-refractivity contribution is 0.136. The summed E-state index contributed by atoms with van der Waals surface area (Å²) in [6, 6.07) is 9.32. The molecule has 3 rings (SSSR count). The van der Waals surface area contributed by atoms with Crippen molar-refractivity contribution < 1.29 is 0 Å². The Morgan fingerprint density at radius 1 is 1.29 bits per heavy atom. The van der Waals surface area contributed by atoms with Crippen LogP contribution < -0.4 is 5.32 Å². The predicted molar refractivity (Wildman–Crippen MR) is 89.6 cm³/mol. The van der Waals surface area contributed by atoms with Crippen LogP contribution in [0.25, 0.3) is 10.6 Å². The van der Waals surface area contributed by atoms with Crippen molar-refractivity contribution in [2.24, 2.45) is 0 Å². The molecule has 1 aromatic carbocycles. The van der Waals surface area contributed by atoms with Crippen LogP contribution in [0.1, 0.15) is 24.6 Å². The molecule has 1 saturated heterocycles. The Morgan fingerprint density at radius 3 is 2.67 bits per heavy atom. The van der Waals surface area contributed by atoms with Crippen LogP contribution in [0.5, 0.6) is 0 Å². The average Bonchev–Trinajstić information content (AvgIpc) is 2.86. The van der Waals surface area contributed by atoms with Crippen LogP contribution in [0, 0.1) is 6.92 Å². The van der Waals surface area contributed by atoms with Gasteiger partial charge in [-0.05, 0) is 19.9 Å². The molecule has 0 spiro atoms. The number of aryl methyl sites for hydroxylation is 1. The largest absolute Gasteiger partial charge is 0.314 e. The first-order chi connectivity index (χ1) is 10.3. The molecule has 1 fully saturated rings. The molecule has 0 atom stereocenters. The van der Waals surface area contributed by atoms with Crippen LogP contribution >= 0.6 is 11.3 Å². The molecule has 0 bridgehead atoms. The maximum Gasteiger partial charge on any atom is 0.123 e. The number of nitrogens with one attached hydrogen (secondary N) is 1. The Morgan fingerprint density at radius 2 is 2.05 bits per heavy atom. The lowest BCUT2D eigenvalue weighted by atomic mass is 10.1. The number of rotatable bonds is 6. The van der Waals surface area contributed by atoms with Gasteiger partial charge in [-0.2, -0.15) is 0 Å². The van der Waals surface area contributed by atoms with Gasteiger partial charge in [-0.15, -0.1) is 11.3 Å². The molecule has 21 heavy (non-hydrogen) atoms. The van der Waals surface area contributed by atoms with Crippen LogP contribution in [-0.2, 0) is 6.54 Å². The standard InChI is InChI=1S/C17H23N3S/c1-3-8-20(16-9-18-10-16)11-15-12-21-17(19-15)14-6-4-13(2)5-7-14/h4-7,12,16,18H,3,8-11H2,1-2H3. The zero-order valence-corrected chi connectivity index (χ0v) is 13.6. The summed E-state index contributed by atoms with van der Waals surface area (Å²) in [6.45, 7) is 8.74. The molecule has 1 aromatic heterocycles. The molecular formula is C17H23N3S. The molecule has 0 unspecified atom stereocenters. The number of thiazole rings is 1. The number of nitrogens with zero attached hydrogens (tertiary/aromatic N) is 2. The molecule has 1 aliphatic rings. The fourth-order valence-electron chi connectivity index (χ4n) is 2.63. The van der Waals surface area contributed by atoms with Crippen LogP contribution in [0.15, 0.2) is 29.6 Å². The van der Waals surface area contributed by atoms with Crippen molar-refractivity contribution in [2.75, 3.05) is 19.6 Å². The molecular weight excluding hydrogens is 278 g/mol. The molecule has 3 nitrogen and oxygen atoms in total. The predicted octanol–water partition coefficient (Wildman–Crippen LogP) is 3.30. The lowest BCUT2D eigenvalue weighted by Gasteiger charge is -2.37. The average molecular weight is 301 g/mol. The highest BCUT2D eigenvalue weighted by Gasteiger charge is 2.24.